The third-order valence-corrected chi connectivity index (χ3v) is 8.87. The van der Waals surface area contributed by atoms with Crippen LogP contribution in [-0.2, 0) is 22.3 Å². The summed E-state index contributed by atoms with van der Waals surface area (Å²) in [4.78, 5) is 31.7. The van der Waals surface area contributed by atoms with Gasteiger partial charge in [0.15, 0.2) is 5.15 Å². The Morgan fingerprint density at radius 3 is 2.61 bits per heavy atom. The van der Waals surface area contributed by atoms with Crippen LogP contribution in [0.2, 0.25) is 10.2 Å². The molecule has 16 heteroatoms. The van der Waals surface area contributed by atoms with Crippen LogP contribution < -0.4 is 10.9 Å². The van der Waals surface area contributed by atoms with Crippen LogP contribution in [0.4, 0.5) is 18.9 Å². The lowest BCUT2D eigenvalue weighted by Gasteiger charge is -2.24. The van der Waals surface area contributed by atoms with E-state index in [2.05, 4.69) is 25.7 Å². The van der Waals surface area contributed by atoms with E-state index in [0.29, 0.717) is 55.1 Å². The Balaban J connectivity index is 1.52. The summed E-state index contributed by atoms with van der Waals surface area (Å²) in [7, 11) is 1.60. The average Bonchev–Trinajstić information content (AvgIpc) is 3.68. The molecule has 0 fully saturated rings. The number of ether oxygens (including phenoxy) is 1. The van der Waals surface area contributed by atoms with Gasteiger partial charge in [0.25, 0.3) is 5.56 Å². The fourth-order valence-corrected chi connectivity index (χ4v) is 6.34. The number of carbonyl (C=O) groups is 1. The van der Waals surface area contributed by atoms with Crippen LogP contribution in [0.15, 0.2) is 66.0 Å². The van der Waals surface area contributed by atoms with E-state index in [1.807, 2.05) is 0 Å². The largest absolute Gasteiger partial charge is 0.418 e. The van der Waals surface area contributed by atoms with Gasteiger partial charge in [-0.25, -0.2) is 4.68 Å². The number of anilines is 1. The first kappa shape index (κ1) is 34.3. The molecule has 0 saturated heterocycles. The second kappa shape index (κ2) is 14.1. The topological polar surface area (TPSA) is 122 Å². The zero-order valence-electron chi connectivity index (χ0n) is 26.4. The molecule has 1 aliphatic heterocycles. The van der Waals surface area contributed by atoms with Crippen LogP contribution >= 0.6 is 23.2 Å². The normalized spacial score (nSPS) is 16.8. The summed E-state index contributed by atoms with van der Waals surface area (Å²) in [5.74, 6) is -0.636. The first-order chi connectivity index (χ1) is 23.4. The van der Waals surface area contributed by atoms with Crippen molar-refractivity contribution >= 4 is 34.8 Å². The molecule has 11 nitrogen and oxygen atoms in total. The van der Waals surface area contributed by atoms with E-state index in [0.717, 1.165) is 16.8 Å². The summed E-state index contributed by atoms with van der Waals surface area (Å²) in [6.07, 6.45) is 2.14. The number of carbonyl (C=O) groups excluding carboxylic acids is 1. The molecule has 0 saturated carbocycles. The molecule has 0 aliphatic carbocycles. The fraction of sp³-hybridized carbons (Fsp3) is 0.333. The van der Waals surface area contributed by atoms with Crippen LogP contribution in [0, 0.1) is 5.92 Å². The highest BCUT2D eigenvalue weighted by Crippen LogP contribution is 2.41. The Morgan fingerprint density at radius 1 is 1.06 bits per heavy atom. The van der Waals surface area contributed by atoms with Gasteiger partial charge in [-0.05, 0) is 49.6 Å². The number of benzene rings is 1. The predicted octanol–water partition coefficient (Wildman–Crippen LogP) is 7.06. The van der Waals surface area contributed by atoms with Gasteiger partial charge < -0.3 is 14.6 Å². The van der Waals surface area contributed by atoms with Gasteiger partial charge in [0, 0.05) is 66.4 Å². The Labute approximate surface area is 288 Å². The third kappa shape index (κ3) is 7.26. The van der Waals surface area contributed by atoms with E-state index >= 15 is 0 Å². The molecule has 1 N–H and O–H groups in total. The highest BCUT2D eigenvalue weighted by Gasteiger charge is 2.37. The maximum absolute atomic E-state index is 14.9. The maximum atomic E-state index is 14.9. The first-order valence-electron chi connectivity index (χ1n) is 15.5. The Bertz CT molecular complexity index is 2060. The lowest BCUT2D eigenvalue weighted by molar-refractivity contribution is -0.137. The molecule has 5 heterocycles. The standard InChI is InChI=1S/C33H31Cl2F3N8O3/c1-19-5-3-6-28(25-13-20(9-10-39-25)31-26(41-32(19)48)16-40-45(31)11-4-12-49-2)44-17-24(33(36,37)38)22(15-30(44)47)23-14-21(34)7-8-27(23)46-18-29(35)42-43-46/h7-10,13-19,28H,3-6,11-12H2,1-2H3,(H,41,48)/t19-,28+/m1/s1. The number of rotatable bonds is 7. The van der Waals surface area contributed by atoms with Gasteiger partial charge in [-0.2, -0.15) is 18.3 Å². The van der Waals surface area contributed by atoms with Crippen LogP contribution in [0.3, 0.4) is 0 Å². The van der Waals surface area contributed by atoms with Crippen molar-refractivity contribution in [2.75, 3.05) is 19.0 Å². The molecule has 0 spiro atoms. The molecule has 256 valence electrons. The third-order valence-electron chi connectivity index (χ3n) is 8.46. The van der Waals surface area contributed by atoms with Gasteiger partial charge in [-0.3, -0.25) is 19.3 Å². The molecule has 1 amide bonds. The van der Waals surface area contributed by atoms with Crippen molar-refractivity contribution in [3.63, 3.8) is 0 Å². The molecule has 4 aromatic heterocycles. The Kier molecular flexibility index (Phi) is 9.91. The monoisotopic (exact) mass is 714 g/mol. The summed E-state index contributed by atoms with van der Waals surface area (Å²) in [6, 6.07) is 7.83. The molecule has 2 atom stereocenters. The van der Waals surface area contributed by atoms with Gasteiger partial charge in [-0.1, -0.05) is 41.8 Å². The molecule has 0 radical (unpaired) electrons. The zero-order chi connectivity index (χ0) is 34.9. The van der Waals surface area contributed by atoms with E-state index in [1.54, 1.807) is 37.0 Å². The fourth-order valence-electron chi connectivity index (χ4n) is 6.05. The molecular formula is C33H31Cl2F3N8O3. The number of methoxy groups -OCH3 is 1. The second-order valence-electron chi connectivity index (χ2n) is 11.8. The van der Waals surface area contributed by atoms with Crippen molar-refractivity contribution < 1.29 is 22.7 Å². The predicted molar refractivity (Wildman–Crippen MR) is 178 cm³/mol. The van der Waals surface area contributed by atoms with Crippen LogP contribution in [0.1, 0.15) is 49.9 Å². The number of aromatic nitrogens is 7. The minimum Gasteiger partial charge on any atom is -0.385 e. The molecule has 49 heavy (non-hydrogen) atoms. The summed E-state index contributed by atoms with van der Waals surface area (Å²) < 4.78 is 54.1. The quantitative estimate of drug-likeness (QED) is 0.179. The van der Waals surface area contributed by atoms with Crippen LogP contribution in [0.5, 0.6) is 0 Å². The molecule has 5 aromatic rings. The van der Waals surface area contributed by atoms with E-state index in [4.69, 9.17) is 27.9 Å². The minimum atomic E-state index is -4.87. The second-order valence-corrected chi connectivity index (χ2v) is 12.6. The number of pyridine rings is 2. The summed E-state index contributed by atoms with van der Waals surface area (Å²) in [5.41, 5.74) is 0.190. The number of halogens is 5. The molecule has 1 aliphatic rings. The highest BCUT2D eigenvalue weighted by atomic mass is 35.5. The van der Waals surface area contributed by atoms with Crippen LogP contribution in [-0.4, -0.2) is 53.9 Å². The smallest absolute Gasteiger partial charge is 0.385 e. The minimum absolute atomic E-state index is 0.0126. The number of nitrogens with one attached hydrogen (secondary N) is 1. The van der Waals surface area contributed by atoms with E-state index in [1.165, 1.54) is 35.3 Å². The summed E-state index contributed by atoms with van der Waals surface area (Å²) in [5, 5.41) is 15.3. The Morgan fingerprint density at radius 2 is 1.88 bits per heavy atom. The number of nitrogens with zero attached hydrogens (tertiary/aromatic N) is 7. The summed E-state index contributed by atoms with van der Waals surface area (Å²) >= 11 is 12.2. The number of amides is 1. The lowest BCUT2D eigenvalue weighted by atomic mass is 9.95. The number of fused-ring (bicyclic) bond motifs is 4. The van der Waals surface area contributed by atoms with Gasteiger partial charge in [0.1, 0.15) is 0 Å². The van der Waals surface area contributed by atoms with Crippen molar-refractivity contribution in [3.8, 4) is 28.1 Å². The molecule has 2 bridgehead atoms. The summed E-state index contributed by atoms with van der Waals surface area (Å²) in [6.45, 7) is 2.76. The van der Waals surface area contributed by atoms with Crippen LogP contribution in [0.25, 0.3) is 28.1 Å². The maximum Gasteiger partial charge on any atom is 0.418 e. The number of alkyl halides is 3. The van der Waals surface area contributed by atoms with Crippen molar-refractivity contribution in [3.05, 3.63) is 93.0 Å². The van der Waals surface area contributed by atoms with E-state index in [-0.39, 0.29) is 39.3 Å². The zero-order valence-corrected chi connectivity index (χ0v) is 27.9. The van der Waals surface area contributed by atoms with Gasteiger partial charge in [0.05, 0.1) is 46.8 Å². The number of hydrogen-bond acceptors (Lipinski definition) is 7. The SMILES string of the molecule is COCCCn1ncc2c1-c1ccnc(c1)[C@@H](n1cc(C(F)(F)F)c(-c3cc(Cl)ccc3-n3cc(Cl)nn3)cc1=O)CCC[C@@H](C)C(=O)N2. The van der Waals surface area contributed by atoms with Gasteiger partial charge >= 0.3 is 6.18 Å². The molecule has 1 aromatic carbocycles. The van der Waals surface area contributed by atoms with Crippen molar-refractivity contribution in [2.24, 2.45) is 5.92 Å². The van der Waals surface area contributed by atoms with Gasteiger partial charge in [0.2, 0.25) is 5.91 Å². The molecule has 6 rings (SSSR count). The lowest BCUT2D eigenvalue weighted by Crippen LogP contribution is -2.28. The van der Waals surface area contributed by atoms with Crippen molar-refractivity contribution in [1.29, 1.82) is 0 Å². The molecular weight excluding hydrogens is 684 g/mol. The number of aryl methyl sites for hydroxylation is 1. The van der Waals surface area contributed by atoms with Crippen molar-refractivity contribution in [2.45, 2.75) is 51.4 Å². The van der Waals surface area contributed by atoms with Crippen molar-refractivity contribution in [1.82, 2.24) is 34.3 Å². The Hall–Kier alpha value is -4.53. The highest BCUT2D eigenvalue weighted by molar-refractivity contribution is 6.31. The van der Waals surface area contributed by atoms with E-state index in [9.17, 15) is 22.8 Å². The van der Waals surface area contributed by atoms with E-state index < -0.39 is 29.3 Å². The number of hydrogen-bond donors (Lipinski definition) is 1. The van der Waals surface area contributed by atoms with Gasteiger partial charge in [-0.15, -0.1) is 5.10 Å². The molecule has 0 unspecified atom stereocenters. The average molecular weight is 716 g/mol. The first-order valence-corrected chi connectivity index (χ1v) is 16.2.